The van der Waals surface area contributed by atoms with Crippen molar-refractivity contribution in [1.82, 2.24) is 0 Å². The Morgan fingerprint density at radius 3 is 1.17 bits per heavy atom. The van der Waals surface area contributed by atoms with E-state index in [1.807, 2.05) is 24.3 Å². The number of fused-ring (bicyclic) bond motifs is 2. The Bertz CT molecular complexity index is 1520. The van der Waals surface area contributed by atoms with Gasteiger partial charge < -0.3 is 0 Å². The summed E-state index contributed by atoms with van der Waals surface area (Å²) in [5.74, 6) is 11.8. The molecule has 0 bridgehead atoms. The van der Waals surface area contributed by atoms with E-state index in [0.29, 0.717) is 11.1 Å². The monoisotopic (exact) mass is 526 g/mol. The highest BCUT2D eigenvalue weighted by molar-refractivity contribution is 7.21. The van der Waals surface area contributed by atoms with Gasteiger partial charge in [0.15, 0.2) is 0 Å². The molecular weight excluding hydrogens is 514 g/mol. The molecule has 0 aliphatic rings. The van der Waals surface area contributed by atoms with Crippen LogP contribution < -0.4 is 0 Å². The lowest BCUT2D eigenvalue weighted by atomic mass is 10.1. The van der Waals surface area contributed by atoms with Crippen molar-refractivity contribution in [2.24, 2.45) is 0 Å². The van der Waals surface area contributed by atoms with Crippen LogP contribution in [0.2, 0.25) is 0 Å². The molecule has 2 heterocycles. The molecule has 0 N–H and O–H groups in total. The van der Waals surface area contributed by atoms with Crippen molar-refractivity contribution in [3.05, 3.63) is 105 Å². The Labute approximate surface area is 209 Å². The Hall–Kier alpha value is -3.72. The smallest absolute Gasteiger partial charge is 0.166 e. The third kappa shape index (κ3) is 5.26. The van der Waals surface area contributed by atoms with Gasteiger partial charge in [0.05, 0.1) is 20.9 Å². The number of thiophene rings is 2. The SMILES string of the molecule is FC(F)(F)c1ccc(C#Cc2cc3cc4sc(C#Cc5ccc(C(F)(F)F)cc5)cc4cc3s2)cc1. The van der Waals surface area contributed by atoms with E-state index in [1.165, 1.54) is 46.9 Å². The third-order valence-electron chi connectivity index (χ3n) is 5.24. The fourth-order valence-electron chi connectivity index (χ4n) is 3.45. The largest absolute Gasteiger partial charge is 0.416 e. The maximum Gasteiger partial charge on any atom is 0.416 e. The zero-order valence-electron chi connectivity index (χ0n) is 18.0. The lowest BCUT2D eigenvalue weighted by molar-refractivity contribution is -0.138. The van der Waals surface area contributed by atoms with E-state index in [2.05, 4.69) is 23.7 Å². The predicted octanol–water partition coefficient (Wildman–Crippen LogP) is 8.95. The van der Waals surface area contributed by atoms with Gasteiger partial charge in [0.2, 0.25) is 0 Å². The summed E-state index contributed by atoms with van der Waals surface area (Å²) >= 11 is 2.97. The second-order valence-electron chi connectivity index (χ2n) is 7.80. The van der Waals surface area contributed by atoms with E-state index >= 15 is 0 Å². The maximum atomic E-state index is 12.7. The minimum Gasteiger partial charge on any atom is -0.166 e. The summed E-state index contributed by atoms with van der Waals surface area (Å²) in [6.45, 7) is 0. The summed E-state index contributed by atoms with van der Waals surface area (Å²) in [5, 5.41) is 1.99. The Balaban J connectivity index is 1.36. The summed E-state index contributed by atoms with van der Waals surface area (Å²) in [7, 11) is 0. The van der Waals surface area contributed by atoms with Crippen molar-refractivity contribution in [3.8, 4) is 23.7 Å². The molecule has 0 unspecified atom stereocenters. The second-order valence-corrected chi connectivity index (χ2v) is 9.97. The van der Waals surface area contributed by atoms with Crippen LogP contribution in [0.25, 0.3) is 20.2 Å². The molecular formula is C28H12F6S2. The van der Waals surface area contributed by atoms with Crippen LogP contribution in [0, 0.1) is 23.7 Å². The molecule has 5 aromatic rings. The van der Waals surface area contributed by atoms with Gasteiger partial charge >= 0.3 is 12.4 Å². The molecule has 0 amide bonds. The molecule has 0 aliphatic carbocycles. The zero-order chi connectivity index (χ0) is 25.5. The molecule has 0 atom stereocenters. The van der Waals surface area contributed by atoms with Gasteiger partial charge in [-0.3, -0.25) is 0 Å². The van der Waals surface area contributed by atoms with Gasteiger partial charge in [0.25, 0.3) is 0 Å². The van der Waals surface area contributed by atoms with Crippen LogP contribution in [-0.2, 0) is 12.4 Å². The number of hydrogen-bond donors (Lipinski definition) is 0. The van der Waals surface area contributed by atoms with Gasteiger partial charge in [-0.1, -0.05) is 23.7 Å². The van der Waals surface area contributed by atoms with E-state index in [4.69, 9.17) is 0 Å². The minimum absolute atomic E-state index is 0.498. The Morgan fingerprint density at radius 1 is 0.472 bits per heavy atom. The van der Waals surface area contributed by atoms with Crippen LogP contribution in [0.15, 0.2) is 72.8 Å². The van der Waals surface area contributed by atoms with Crippen molar-refractivity contribution in [3.63, 3.8) is 0 Å². The van der Waals surface area contributed by atoms with Crippen LogP contribution in [0.3, 0.4) is 0 Å². The van der Waals surface area contributed by atoms with Crippen molar-refractivity contribution in [2.45, 2.75) is 12.4 Å². The number of rotatable bonds is 0. The molecule has 0 fully saturated rings. The summed E-state index contributed by atoms with van der Waals surface area (Å²) in [5.41, 5.74) is -0.424. The van der Waals surface area contributed by atoms with Gasteiger partial charge in [0.1, 0.15) is 0 Å². The molecule has 0 saturated heterocycles. The average Bonchev–Trinajstić information content (AvgIpc) is 3.41. The van der Waals surface area contributed by atoms with Crippen LogP contribution in [0.5, 0.6) is 0 Å². The Morgan fingerprint density at radius 2 is 0.833 bits per heavy atom. The predicted molar refractivity (Wildman–Crippen MR) is 132 cm³/mol. The van der Waals surface area contributed by atoms with Crippen molar-refractivity contribution < 1.29 is 26.3 Å². The van der Waals surface area contributed by atoms with E-state index in [0.717, 1.165) is 54.2 Å². The normalized spacial score (nSPS) is 11.7. The molecule has 2 aromatic heterocycles. The Kier molecular flexibility index (Phi) is 6.04. The second kappa shape index (κ2) is 9.05. The first-order valence-corrected chi connectivity index (χ1v) is 12.0. The maximum absolute atomic E-state index is 12.7. The minimum atomic E-state index is -4.38. The highest BCUT2D eigenvalue weighted by Crippen LogP contribution is 2.34. The number of halogens is 6. The van der Waals surface area contributed by atoms with Crippen LogP contribution in [-0.4, -0.2) is 0 Å². The van der Waals surface area contributed by atoms with E-state index in [9.17, 15) is 26.3 Å². The summed E-state index contributed by atoms with van der Waals surface area (Å²) in [6.07, 6.45) is -8.75. The van der Waals surface area contributed by atoms with Gasteiger partial charge in [-0.05, 0) is 83.6 Å². The first kappa shape index (κ1) is 24.0. The molecule has 0 spiro atoms. The lowest BCUT2D eigenvalue weighted by Gasteiger charge is -2.05. The zero-order valence-corrected chi connectivity index (χ0v) is 19.6. The molecule has 5 rings (SSSR count). The van der Waals surface area contributed by atoms with Crippen molar-refractivity contribution in [1.29, 1.82) is 0 Å². The number of benzene rings is 3. The fraction of sp³-hybridized carbons (Fsp3) is 0.0714. The van der Waals surface area contributed by atoms with E-state index < -0.39 is 23.5 Å². The van der Waals surface area contributed by atoms with Gasteiger partial charge in [-0.25, -0.2) is 0 Å². The van der Waals surface area contributed by atoms with E-state index in [-0.39, 0.29) is 0 Å². The molecule has 0 radical (unpaired) electrons. The lowest BCUT2D eigenvalue weighted by Crippen LogP contribution is -2.04. The summed E-state index contributed by atoms with van der Waals surface area (Å²) < 4.78 is 78.2. The van der Waals surface area contributed by atoms with Crippen molar-refractivity contribution in [2.75, 3.05) is 0 Å². The number of hydrogen-bond acceptors (Lipinski definition) is 2. The van der Waals surface area contributed by atoms with Gasteiger partial charge in [-0.15, -0.1) is 22.7 Å². The topological polar surface area (TPSA) is 0 Å². The first-order chi connectivity index (χ1) is 17.0. The van der Waals surface area contributed by atoms with Crippen LogP contribution in [0.4, 0.5) is 26.3 Å². The van der Waals surface area contributed by atoms with Gasteiger partial charge in [-0.2, -0.15) is 26.3 Å². The molecule has 0 aliphatic heterocycles. The summed E-state index contributed by atoms with van der Waals surface area (Å²) in [4.78, 5) is 1.59. The van der Waals surface area contributed by atoms with Crippen LogP contribution >= 0.6 is 22.7 Å². The third-order valence-corrected chi connectivity index (χ3v) is 7.27. The van der Waals surface area contributed by atoms with Gasteiger partial charge in [0, 0.05) is 20.5 Å². The molecule has 3 aromatic carbocycles. The standard InChI is InChI=1S/C28H12F6S2/c29-27(30,31)21-7-1-17(2-8-21)5-11-23-13-19-15-26-20(16-25(19)35-23)14-24(36-26)12-6-18-3-9-22(10-4-18)28(32,33)34/h1-4,7-10,13-16H. The molecule has 8 heteroatoms. The highest BCUT2D eigenvalue weighted by Gasteiger charge is 2.30. The quantitative estimate of drug-likeness (QED) is 0.140. The van der Waals surface area contributed by atoms with E-state index in [1.54, 1.807) is 0 Å². The molecule has 178 valence electrons. The number of alkyl halides is 6. The molecule has 36 heavy (non-hydrogen) atoms. The fourth-order valence-corrected chi connectivity index (χ4v) is 5.34. The first-order valence-electron chi connectivity index (χ1n) is 10.4. The summed E-state index contributed by atoms with van der Waals surface area (Å²) in [6, 6.07) is 17.4. The average molecular weight is 527 g/mol. The highest BCUT2D eigenvalue weighted by atomic mass is 32.1. The van der Waals surface area contributed by atoms with Crippen LogP contribution in [0.1, 0.15) is 32.0 Å². The molecule has 0 nitrogen and oxygen atoms in total. The molecule has 0 saturated carbocycles. The van der Waals surface area contributed by atoms with Crippen molar-refractivity contribution >= 4 is 42.8 Å².